The SMILES string of the molecule is COc1ccccc1/C=C/c1nc(I)cnc1N. The van der Waals surface area contributed by atoms with Crippen molar-refractivity contribution in [3.63, 3.8) is 0 Å². The molecule has 2 aromatic rings. The standard InChI is InChI=1S/C13H12IN3O/c1-18-11-5-3-2-4-9(11)6-7-10-13(15)16-8-12(14)17-10/h2-8H,1H3,(H2,15,16)/b7-6+. The number of hydrogen-bond donors (Lipinski definition) is 1. The van der Waals surface area contributed by atoms with Gasteiger partial charge in [-0.05, 0) is 40.8 Å². The first-order valence-electron chi connectivity index (χ1n) is 5.30. The molecule has 92 valence electrons. The second kappa shape index (κ2) is 5.81. The Bertz CT molecular complexity index is 584. The number of para-hydroxylation sites is 1. The van der Waals surface area contributed by atoms with Crippen LogP contribution in [0.2, 0.25) is 0 Å². The summed E-state index contributed by atoms with van der Waals surface area (Å²) in [6, 6.07) is 7.75. The van der Waals surface area contributed by atoms with Crippen LogP contribution in [-0.2, 0) is 0 Å². The Balaban J connectivity index is 2.33. The first-order chi connectivity index (χ1) is 8.70. The summed E-state index contributed by atoms with van der Waals surface area (Å²) in [6.07, 6.45) is 5.38. The molecule has 0 saturated heterocycles. The highest BCUT2D eigenvalue weighted by Gasteiger charge is 2.01. The summed E-state index contributed by atoms with van der Waals surface area (Å²) in [5, 5.41) is 0. The molecule has 0 saturated carbocycles. The van der Waals surface area contributed by atoms with Gasteiger partial charge < -0.3 is 10.5 Å². The molecule has 2 N–H and O–H groups in total. The molecule has 0 aliphatic carbocycles. The van der Waals surface area contributed by atoms with Gasteiger partial charge in [0.05, 0.1) is 13.3 Å². The number of benzene rings is 1. The molecule has 5 heteroatoms. The maximum atomic E-state index is 5.76. The van der Waals surface area contributed by atoms with E-state index in [-0.39, 0.29) is 0 Å². The number of anilines is 1. The van der Waals surface area contributed by atoms with Gasteiger partial charge in [-0.25, -0.2) is 9.97 Å². The molecule has 0 fully saturated rings. The Morgan fingerprint density at radius 1 is 1.28 bits per heavy atom. The summed E-state index contributed by atoms with van der Waals surface area (Å²) < 4.78 is 6.07. The van der Waals surface area contributed by atoms with Crippen LogP contribution in [-0.4, -0.2) is 17.1 Å². The van der Waals surface area contributed by atoms with Crippen LogP contribution < -0.4 is 10.5 Å². The molecule has 4 nitrogen and oxygen atoms in total. The molecule has 0 aliphatic heterocycles. The largest absolute Gasteiger partial charge is 0.496 e. The van der Waals surface area contributed by atoms with Crippen LogP contribution in [0.15, 0.2) is 30.5 Å². The number of methoxy groups -OCH3 is 1. The van der Waals surface area contributed by atoms with Gasteiger partial charge in [0, 0.05) is 5.56 Å². The molecule has 0 unspecified atom stereocenters. The van der Waals surface area contributed by atoms with Gasteiger partial charge in [-0.1, -0.05) is 18.2 Å². The van der Waals surface area contributed by atoms with Gasteiger partial charge >= 0.3 is 0 Å². The number of hydrogen-bond acceptors (Lipinski definition) is 4. The summed E-state index contributed by atoms with van der Waals surface area (Å²) in [6.45, 7) is 0. The van der Waals surface area contributed by atoms with Crippen LogP contribution in [0.1, 0.15) is 11.3 Å². The molecule has 0 bridgehead atoms. The van der Waals surface area contributed by atoms with E-state index in [0.717, 1.165) is 15.0 Å². The third-order valence-corrected chi connectivity index (χ3v) is 2.88. The highest BCUT2D eigenvalue weighted by molar-refractivity contribution is 14.1. The molecular formula is C13H12IN3O. The summed E-state index contributed by atoms with van der Waals surface area (Å²) in [7, 11) is 1.65. The van der Waals surface area contributed by atoms with Crippen LogP contribution in [0.3, 0.4) is 0 Å². The number of rotatable bonds is 3. The van der Waals surface area contributed by atoms with E-state index in [1.807, 2.05) is 36.4 Å². The molecule has 1 aromatic heterocycles. The van der Waals surface area contributed by atoms with Gasteiger partial charge in [0.1, 0.15) is 21.0 Å². The molecule has 0 spiro atoms. The van der Waals surface area contributed by atoms with Crippen molar-refractivity contribution < 1.29 is 4.74 Å². The zero-order valence-corrected chi connectivity index (χ0v) is 12.0. The molecule has 0 radical (unpaired) electrons. The van der Waals surface area contributed by atoms with Crippen molar-refractivity contribution in [3.05, 3.63) is 45.4 Å². The smallest absolute Gasteiger partial charge is 0.149 e. The van der Waals surface area contributed by atoms with Crippen molar-refractivity contribution in [2.75, 3.05) is 12.8 Å². The highest BCUT2D eigenvalue weighted by atomic mass is 127. The van der Waals surface area contributed by atoms with E-state index in [0.29, 0.717) is 11.5 Å². The second-order valence-corrected chi connectivity index (χ2v) is 4.64. The molecule has 0 aliphatic rings. The fraction of sp³-hybridized carbons (Fsp3) is 0.0769. The van der Waals surface area contributed by atoms with Crippen molar-refractivity contribution in [1.29, 1.82) is 0 Å². The Morgan fingerprint density at radius 2 is 2.06 bits per heavy atom. The predicted molar refractivity (Wildman–Crippen MR) is 81.1 cm³/mol. The second-order valence-electron chi connectivity index (χ2n) is 3.54. The lowest BCUT2D eigenvalue weighted by Crippen LogP contribution is -1.97. The number of halogens is 1. The fourth-order valence-corrected chi connectivity index (χ4v) is 1.88. The van der Waals surface area contributed by atoms with Crippen molar-refractivity contribution >= 4 is 40.6 Å². The molecule has 18 heavy (non-hydrogen) atoms. The number of nitrogen functional groups attached to an aromatic ring is 1. The van der Waals surface area contributed by atoms with Crippen molar-refractivity contribution in [2.45, 2.75) is 0 Å². The third kappa shape index (κ3) is 2.98. The van der Waals surface area contributed by atoms with Crippen molar-refractivity contribution in [3.8, 4) is 5.75 Å². The first kappa shape index (κ1) is 12.8. The summed E-state index contributed by atoms with van der Waals surface area (Å²) in [4.78, 5) is 8.37. The van der Waals surface area contributed by atoms with Crippen LogP contribution in [0.4, 0.5) is 5.82 Å². The minimum atomic E-state index is 0.418. The van der Waals surface area contributed by atoms with Gasteiger partial charge in [-0.15, -0.1) is 0 Å². The Kier molecular flexibility index (Phi) is 4.14. The van der Waals surface area contributed by atoms with Crippen LogP contribution >= 0.6 is 22.6 Å². The lowest BCUT2D eigenvalue weighted by atomic mass is 10.2. The van der Waals surface area contributed by atoms with E-state index in [1.165, 1.54) is 0 Å². The lowest BCUT2D eigenvalue weighted by Gasteiger charge is -2.03. The number of nitrogens with zero attached hydrogens (tertiary/aromatic N) is 2. The number of ether oxygens (including phenoxy) is 1. The van der Waals surface area contributed by atoms with E-state index in [1.54, 1.807) is 13.3 Å². The van der Waals surface area contributed by atoms with Gasteiger partial charge in [-0.2, -0.15) is 0 Å². The van der Waals surface area contributed by atoms with Crippen molar-refractivity contribution in [1.82, 2.24) is 9.97 Å². The van der Waals surface area contributed by atoms with Gasteiger partial charge in [0.25, 0.3) is 0 Å². The minimum absolute atomic E-state index is 0.418. The average molecular weight is 353 g/mol. The van der Waals surface area contributed by atoms with Gasteiger partial charge in [-0.3, -0.25) is 0 Å². The Hall–Kier alpha value is -1.63. The lowest BCUT2D eigenvalue weighted by molar-refractivity contribution is 0.414. The normalized spacial score (nSPS) is 10.8. The van der Waals surface area contributed by atoms with Crippen LogP contribution in [0, 0.1) is 3.70 Å². The fourth-order valence-electron chi connectivity index (χ4n) is 1.49. The Labute approximate surface area is 119 Å². The molecular weight excluding hydrogens is 341 g/mol. The molecule has 1 heterocycles. The maximum absolute atomic E-state index is 5.76. The van der Waals surface area contributed by atoms with Gasteiger partial charge in [0.15, 0.2) is 0 Å². The number of nitrogens with two attached hydrogens (primary N) is 1. The van der Waals surface area contributed by atoms with E-state index < -0.39 is 0 Å². The monoisotopic (exact) mass is 353 g/mol. The minimum Gasteiger partial charge on any atom is -0.496 e. The highest BCUT2D eigenvalue weighted by Crippen LogP contribution is 2.20. The van der Waals surface area contributed by atoms with E-state index in [4.69, 9.17) is 10.5 Å². The van der Waals surface area contributed by atoms with Crippen LogP contribution in [0.5, 0.6) is 5.75 Å². The summed E-state index contributed by atoms with van der Waals surface area (Å²) in [5.41, 5.74) is 7.40. The molecule has 1 aromatic carbocycles. The van der Waals surface area contributed by atoms with Gasteiger partial charge in [0.2, 0.25) is 0 Å². The van der Waals surface area contributed by atoms with Crippen molar-refractivity contribution in [2.24, 2.45) is 0 Å². The van der Waals surface area contributed by atoms with E-state index in [2.05, 4.69) is 32.6 Å². The zero-order valence-electron chi connectivity index (χ0n) is 9.80. The predicted octanol–water partition coefficient (Wildman–Crippen LogP) is 2.84. The van der Waals surface area contributed by atoms with E-state index >= 15 is 0 Å². The third-order valence-electron chi connectivity index (χ3n) is 2.36. The first-order valence-corrected chi connectivity index (χ1v) is 6.37. The molecule has 0 atom stereocenters. The number of aromatic nitrogens is 2. The Morgan fingerprint density at radius 3 is 2.83 bits per heavy atom. The maximum Gasteiger partial charge on any atom is 0.149 e. The average Bonchev–Trinajstić information content (AvgIpc) is 2.40. The molecule has 0 amide bonds. The molecule has 2 rings (SSSR count). The quantitative estimate of drug-likeness (QED) is 0.862. The summed E-state index contributed by atoms with van der Waals surface area (Å²) in [5.74, 6) is 1.23. The van der Waals surface area contributed by atoms with Crippen LogP contribution in [0.25, 0.3) is 12.2 Å². The summed E-state index contributed by atoms with van der Waals surface area (Å²) >= 11 is 2.10. The van der Waals surface area contributed by atoms with E-state index in [9.17, 15) is 0 Å². The zero-order chi connectivity index (χ0) is 13.0. The topological polar surface area (TPSA) is 61.0 Å².